The van der Waals surface area contributed by atoms with E-state index in [0.717, 1.165) is 18.8 Å². The monoisotopic (exact) mass is 170 g/mol. The summed E-state index contributed by atoms with van der Waals surface area (Å²) in [6, 6.07) is 0. The Labute approximate surface area is 74.0 Å². The summed E-state index contributed by atoms with van der Waals surface area (Å²) in [5.41, 5.74) is 0. The number of carboxylic acid groups (broad SMARTS) is 1. The van der Waals surface area contributed by atoms with Crippen molar-refractivity contribution >= 4 is 5.97 Å². The zero-order valence-electron chi connectivity index (χ0n) is 7.92. The number of carbonyl (C=O) groups is 1. The highest BCUT2D eigenvalue weighted by Crippen LogP contribution is 2.35. The first-order chi connectivity index (χ1) is 5.61. The van der Waals surface area contributed by atoms with Crippen molar-refractivity contribution < 1.29 is 9.90 Å². The van der Waals surface area contributed by atoms with Crippen LogP contribution in [-0.2, 0) is 4.79 Å². The Morgan fingerprint density at radius 2 is 2.08 bits per heavy atom. The van der Waals surface area contributed by atoms with Crippen LogP contribution in [0.5, 0.6) is 0 Å². The lowest BCUT2D eigenvalue weighted by atomic mass is 9.90. The second-order valence-electron chi connectivity index (χ2n) is 4.21. The first-order valence-corrected chi connectivity index (χ1v) is 4.84. The molecule has 1 aliphatic carbocycles. The Hall–Kier alpha value is -0.530. The Morgan fingerprint density at radius 1 is 1.50 bits per heavy atom. The van der Waals surface area contributed by atoms with Gasteiger partial charge in [0.25, 0.3) is 0 Å². The number of rotatable bonds is 5. The molecule has 1 rings (SSSR count). The summed E-state index contributed by atoms with van der Waals surface area (Å²) < 4.78 is 0. The van der Waals surface area contributed by atoms with Gasteiger partial charge in [0.2, 0.25) is 0 Å². The van der Waals surface area contributed by atoms with E-state index in [9.17, 15) is 4.79 Å². The van der Waals surface area contributed by atoms with Gasteiger partial charge in [-0.15, -0.1) is 0 Å². The molecular formula is C10H18O2. The molecular weight excluding hydrogens is 152 g/mol. The Balaban J connectivity index is 2.26. The van der Waals surface area contributed by atoms with Crippen LogP contribution in [0.3, 0.4) is 0 Å². The van der Waals surface area contributed by atoms with Crippen molar-refractivity contribution in [3.8, 4) is 0 Å². The van der Waals surface area contributed by atoms with E-state index >= 15 is 0 Å². The SMILES string of the molecule is CC(C)C(CCC1CC1)C(=O)O. The normalized spacial score (nSPS) is 19.6. The Bertz CT molecular complexity index is 159. The molecule has 1 unspecified atom stereocenters. The van der Waals surface area contributed by atoms with E-state index in [2.05, 4.69) is 0 Å². The molecule has 0 amide bonds. The molecule has 0 saturated heterocycles. The maximum atomic E-state index is 10.8. The van der Waals surface area contributed by atoms with Crippen molar-refractivity contribution in [2.75, 3.05) is 0 Å². The first-order valence-electron chi connectivity index (χ1n) is 4.84. The van der Waals surface area contributed by atoms with E-state index in [1.54, 1.807) is 0 Å². The molecule has 0 aromatic heterocycles. The molecule has 0 aromatic carbocycles. The molecule has 1 fully saturated rings. The second kappa shape index (κ2) is 3.92. The molecule has 0 radical (unpaired) electrons. The molecule has 0 aliphatic heterocycles. The number of hydrogen-bond acceptors (Lipinski definition) is 1. The van der Waals surface area contributed by atoms with Crippen LogP contribution in [0.4, 0.5) is 0 Å². The van der Waals surface area contributed by atoms with Gasteiger partial charge < -0.3 is 5.11 Å². The van der Waals surface area contributed by atoms with Crippen LogP contribution in [0.25, 0.3) is 0 Å². The van der Waals surface area contributed by atoms with E-state index in [1.807, 2.05) is 13.8 Å². The predicted molar refractivity (Wildman–Crippen MR) is 47.9 cm³/mol. The third-order valence-electron chi connectivity index (χ3n) is 2.70. The fourth-order valence-corrected chi connectivity index (χ4v) is 1.56. The third-order valence-corrected chi connectivity index (χ3v) is 2.70. The topological polar surface area (TPSA) is 37.3 Å². The minimum Gasteiger partial charge on any atom is -0.481 e. The van der Waals surface area contributed by atoms with Crippen LogP contribution in [0.1, 0.15) is 39.5 Å². The summed E-state index contributed by atoms with van der Waals surface area (Å²) in [7, 11) is 0. The van der Waals surface area contributed by atoms with Gasteiger partial charge >= 0.3 is 5.97 Å². The van der Waals surface area contributed by atoms with E-state index in [-0.39, 0.29) is 11.8 Å². The van der Waals surface area contributed by atoms with Crippen LogP contribution < -0.4 is 0 Å². The molecule has 0 bridgehead atoms. The van der Waals surface area contributed by atoms with Crippen LogP contribution in [-0.4, -0.2) is 11.1 Å². The van der Waals surface area contributed by atoms with Gasteiger partial charge in [0.05, 0.1) is 5.92 Å². The fourth-order valence-electron chi connectivity index (χ4n) is 1.56. The summed E-state index contributed by atoms with van der Waals surface area (Å²) in [4.78, 5) is 10.8. The lowest BCUT2D eigenvalue weighted by Gasteiger charge is -2.15. The largest absolute Gasteiger partial charge is 0.481 e. The first kappa shape index (κ1) is 9.56. The minimum absolute atomic E-state index is 0.120. The third kappa shape index (κ3) is 2.84. The lowest BCUT2D eigenvalue weighted by Crippen LogP contribution is -2.19. The highest BCUT2D eigenvalue weighted by molar-refractivity contribution is 5.70. The van der Waals surface area contributed by atoms with Gasteiger partial charge in [-0.1, -0.05) is 26.7 Å². The fraction of sp³-hybridized carbons (Fsp3) is 0.900. The van der Waals surface area contributed by atoms with Gasteiger partial charge in [-0.2, -0.15) is 0 Å². The van der Waals surface area contributed by atoms with Crippen molar-refractivity contribution in [2.45, 2.75) is 39.5 Å². The van der Waals surface area contributed by atoms with Crippen LogP contribution in [0.2, 0.25) is 0 Å². The molecule has 0 heterocycles. The zero-order chi connectivity index (χ0) is 9.14. The summed E-state index contributed by atoms with van der Waals surface area (Å²) in [5.74, 6) is 0.392. The molecule has 1 aliphatic rings. The highest BCUT2D eigenvalue weighted by Gasteiger charge is 2.26. The average molecular weight is 170 g/mol. The maximum Gasteiger partial charge on any atom is 0.306 e. The molecule has 12 heavy (non-hydrogen) atoms. The van der Waals surface area contributed by atoms with Crippen LogP contribution in [0, 0.1) is 17.8 Å². The number of aliphatic carboxylic acids is 1. The Kier molecular flexibility index (Phi) is 3.12. The van der Waals surface area contributed by atoms with Gasteiger partial charge in [-0.25, -0.2) is 0 Å². The van der Waals surface area contributed by atoms with Gasteiger partial charge in [0.15, 0.2) is 0 Å². The number of carboxylic acids is 1. The summed E-state index contributed by atoms with van der Waals surface area (Å²) in [6.45, 7) is 3.98. The number of hydrogen-bond donors (Lipinski definition) is 1. The smallest absolute Gasteiger partial charge is 0.306 e. The van der Waals surface area contributed by atoms with Gasteiger partial charge in [0, 0.05) is 0 Å². The molecule has 2 nitrogen and oxygen atoms in total. The van der Waals surface area contributed by atoms with Gasteiger partial charge in [-0.05, 0) is 24.7 Å². The van der Waals surface area contributed by atoms with E-state index in [4.69, 9.17) is 5.11 Å². The zero-order valence-corrected chi connectivity index (χ0v) is 7.92. The molecule has 2 heteroatoms. The van der Waals surface area contributed by atoms with Crippen molar-refractivity contribution in [1.82, 2.24) is 0 Å². The predicted octanol–water partition coefficient (Wildman–Crippen LogP) is 2.53. The summed E-state index contributed by atoms with van der Waals surface area (Å²) >= 11 is 0. The van der Waals surface area contributed by atoms with Crippen LogP contribution >= 0.6 is 0 Å². The molecule has 1 N–H and O–H groups in total. The molecule has 1 atom stereocenters. The molecule has 70 valence electrons. The van der Waals surface area contributed by atoms with Crippen molar-refractivity contribution in [2.24, 2.45) is 17.8 Å². The lowest BCUT2D eigenvalue weighted by molar-refractivity contribution is -0.143. The molecule has 0 aromatic rings. The molecule has 1 saturated carbocycles. The van der Waals surface area contributed by atoms with Crippen molar-refractivity contribution in [3.05, 3.63) is 0 Å². The van der Waals surface area contributed by atoms with Gasteiger partial charge in [-0.3, -0.25) is 4.79 Å². The molecule has 0 spiro atoms. The maximum absolute atomic E-state index is 10.8. The van der Waals surface area contributed by atoms with E-state index < -0.39 is 5.97 Å². The standard InChI is InChI=1S/C10H18O2/c1-7(2)9(10(11)12)6-5-8-3-4-8/h7-9H,3-6H2,1-2H3,(H,11,12). The van der Waals surface area contributed by atoms with E-state index in [1.165, 1.54) is 12.8 Å². The van der Waals surface area contributed by atoms with Crippen LogP contribution in [0.15, 0.2) is 0 Å². The summed E-state index contributed by atoms with van der Waals surface area (Å²) in [5, 5.41) is 8.88. The average Bonchev–Trinajstić information content (AvgIpc) is 2.69. The second-order valence-corrected chi connectivity index (χ2v) is 4.21. The van der Waals surface area contributed by atoms with E-state index in [0.29, 0.717) is 0 Å². The minimum atomic E-state index is -0.620. The Morgan fingerprint density at radius 3 is 2.42 bits per heavy atom. The van der Waals surface area contributed by atoms with Gasteiger partial charge in [0.1, 0.15) is 0 Å². The van der Waals surface area contributed by atoms with Crippen molar-refractivity contribution in [3.63, 3.8) is 0 Å². The van der Waals surface area contributed by atoms with Crippen molar-refractivity contribution in [1.29, 1.82) is 0 Å². The quantitative estimate of drug-likeness (QED) is 0.688. The summed E-state index contributed by atoms with van der Waals surface area (Å²) in [6.07, 6.45) is 4.64. The highest BCUT2D eigenvalue weighted by atomic mass is 16.4.